The molecular formula is C14H16FN3OS. The van der Waals surface area contributed by atoms with Gasteiger partial charge in [-0.15, -0.1) is 0 Å². The van der Waals surface area contributed by atoms with Crippen LogP contribution >= 0.6 is 11.8 Å². The topological polar surface area (TPSA) is 57.8 Å². The van der Waals surface area contributed by atoms with Crippen LogP contribution in [0.5, 0.6) is 0 Å². The summed E-state index contributed by atoms with van der Waals surface area (Å²) in [5, 5.41) is 3.68. The predicted molar refractivity (Wildman–Crippen MR) is 77.5 cm³/mol. The van der Waals surface area contributed by atoms with E-state index in [1.807, 2.05) is 6.92 Å². The number of H-pyrrole nitrogens is 1. The van der Waals surface area contributed by atoms with Gasteiger partial charge in [-0.05, 0) is 37.2 Å². The van der Waals surface area contributed by atoms with E-state index >= 15 is 0 Å². The van der Waals surface area contributed by atoms with Crippen molar-refractivity contribution in [3.8, 4) is 0 Å². The lowest BCUT2D eigenvalue weighted by Crippen LogP contribution is -2.13. The highest BCUT2D eigenvalue weighted by molar-refractivity contribution is 7.99. The number of aromatic amines is 1. The fourth-order valence-electron chi connectivity index (χ4n) is 1.75. The van der Waals surface area contributed by atoms with Gasteiger partial charge in [-0.3, -0.25) is 4.79 Å². The van der Waals surface area contributed by atoms with Gasteiger partial charge in [0.2, 0.25) is 0 Å². The van der Waals surface area contributed by atoms with Gasteiger partial charge in [0, 0.05) is 23.2 Å². The first kappa shape index (κ1) is 14.7. The second kappa shape index (κ2) is 6.67. The van der Waals surface area contributed by atoms with Crippen LogP contribution in [-0.2, 0) is 6.54 Å². The van der Waals surface area contributed by atoms with Gasteiger partial charge in [0.05, 0.1) is 0 Å². The van der Waals surface area contributed by atoms with Crippen LogP contribution in [0.2, 0.25) is 0 Å². The third-order valence-electron chi connectivity index (χ3n) is 2.64. The Kier molecular flexibility index (Phi) is 4.92. The second-order valence-corrected chi connectivity index (χ2v) is 5.36. The molecule has 0 amide bonds. The van der Waals surface area contributed by atoms with Gasteiger partial charge in [-0.2, -0.15) is 0 Å². The number of aryl methyl sites for hydroxylation is 1. The van der Waals surface area contributed by atoms with E-state index in [1.165, 1.54) is 30.0 Å². The maximum Gasteiger partial charge on any atom is 0.251 e. The molecule has 0 unspecified atom stereocenters. The average Bonchev–Trinajstić information content (AvgIpc) is 2.38. The van der Waals surface area contributed by atoms with Gasteiger partial charge in [-0.25, -0.2) is 9.37 Å². The third-order valence-corrected chi connectivity index (χ3v) is 3.65. The molecule has 2 N–H and O–H groups in total. The Morgan fingerprint density at radius 1 is 1.40 bits per heavy atom. The Bertz CT molecular complexity index is 657. The molecule has 0 bridgehead atoms. The molecule has 0 fully saturated rings. The molecule has 20 heavy (non-hydrogen) atoms. The van der Waals surface area contributed by atoms with E-state index in [-0.39, 0.29) is 11.4 Å². The molecule has 0 aliphatic carbocycles. The molecule has 0 saturated heterocycles. The molecule has 1 aromatic carbocycles. The van der Waals surface area contributed by atoms with Crippen LogP contribution in [0, 0.1) is 12.7 Å². The highest BCUT2D eigenvalue weighted by atomic mass is 32.2. The zero-order chi connectivity index (χ0) is 14.5. The fraction of sp³-hybridized carbons (Fsp3) is 0.286. The van der Waals surface area contributed by atoms with Crippen LogP contribution in [0.15, 0.2) is 39.1 Å². The summed E-state index contributed by atoms with van der Waals surface area (Å²) in [6.07, 6.45) is 0. The molecule has 0 saturated carbocycles. The SMILES string of the molecule is CCNCc1cc(F)ccc1Sc1nc(C)cc(=O)[nH]1. The molecule has 0 aliphatic rings. The van der Waals surface area contributed by atoms with Crippen LogP contribution in [0.1, 0.15) is 18.2 Å². The molecule has 2 rings (SSSR count). The minimum atomic E-state index is -0.270. The van der Waals surface area contributed by atoms with Gasteiger partial charge in [0.15, 0.2) is 5.16 Å². The van der Waals surface area contributed by atoms with Gasteiger partial charge in [0.1, 0.15) is 5.82 Å². The van der Waals surface area contributed by atoms with Crippen molar-refractivity contribution < 1.29 is 4.39 Å². The number of aromatic nitrogens is 2. The number of halogens is 1. The Morgan fingerprint density at radius 3 is 2.90 bits per heavy atom. The summed E-state index contributed by atoms with van der Waals surface area (Å²) in [4.78, 5) is 19.3. The third kappa shape index (κ3) is 3.91. The molecule has 0 atom stereocenters. The molecular weight excluding hydrogens is 277 g/mol. The quantitative estimate of drug-likeness (QED) is 0.832. The normalized spacial score (nSPS) is 10.8. The Labute approximate surface area is 120 Å². The maximum atomic E-state index is 13.3. The van der Waals surface area contributed by atoms with Crippen LogP contribution in [0.4, 0.5) is 4.39 Å². The lowest BCUT2D eigenvalue weighted by molar-refractivity contribution is 0.619. The molecule has 0 aliphatic heterocycles. The monoisotopic (exact) mass is 293 g/mol. The summed E-state index contributed by atoms with van der Waals surface area (Å²) in [7, 11) is 0. The number of nitrogens with one attached hydrogen (secondary N) is 2. The molecule has 1 heterocycles. The Hall–Kier alpha value is -1.66. The first-order valence-corrected chi connectivity index (χ1v) is 7.15. The van der Waals surface area contributed by atoms with Crippen LogP contribution in [0.25, 0.3) is 0 Å². The number of hydrogen-bond acceptors (Lipinski definition) is 4. The van der Waals surface area contributed by atoms with Crippen molar-refractivity contribution in [2.75, 3.05) is 6.54 Å². The van der Waals surface area contributed by atoms with E-state index in [4.69, 9.17) is 0 Å². The first-order valence-electron chi connectivity index (χ1n) is 6.33. The van der Waals surface area contributed by atoms with Gasteiger partial charge in [0.25, 0.3) is 5.56 Å². The van der Waals surface area contributed by atoms with E-state index in [2.05, 4.69) is 15.3 Å². The second-order valence-electron chi connectivity index (χ2n) is 4.33. The number of benzene rings is 1. The van der Waals surface area contributed by atoms with Crippen molar-refractivity contribution in [2.24, 2.45) is 0 Å². The zero-order valence-corrected chi connectivity index (χ0v) is 12.2. The minimum absolute atomic E-state index is 0.185. The molecule has 0 spiro atoms. The molecule has 1 aromatic heterocycles. The zero-order valence-electron chi connectivity index (χ0n) is 11.4. The van der Waals surface area contributed by atoms with Crippen molar-refractivity contribution in [2.45, 2.75) is 30.4 Å². The summed E-state index contributed by atoms with van der Waals surface area (Å²) in [5.41, 5.74) is 1.32. The van der Waals surface area contributed by atoms with Crippen LogP contribution in [-0.4, -0.2) is 16.5 Å². The summed E-state index contributed by atoms with van der Waals surface area (Å²) >= 11 is 1.33. The van der Waals surface area contributed by atoms with Crippen molar-refractivity contribution in [3.63, 3.8) is 0 Å². The summed E-state index contributed by atoms with van der Waals surface area (Å²) < 4.78 is 13.3. The summed E-state index contributed by atoms with van der Waals surface area (Å²) in [6.45, 7) is 5.14. The first-order chi connectivity index (χ1) is 9.58. The van der Waals surface area contributed by atoms with Crippen molar-refractivity contribution in [3.05, 3.63) is 51.7 Å². The van der Waals surface area contributed by atoms with E-state index in [0.717, 1.165) is 17.0 Å². The highest BCUT2D eigenvalue weighted by Crippen LogP contribution is 2.28. The smallest absolute Gasteiger partial charge is 0.251 e. The Balaban J connectivity index is 2.29. The molecule has 2 aromatic rings. The number of nitrogens with zero attached hydrogens (tertiary/aromatic N) is 1. The van der Waals surface area contributed by atoms with Crippen molar-refractivity contribution in [1.82, 2.24) is 15.3 Å². The minimum Gasteiger partial charge on any atom is -0.313 e. The maximum absolute atomic E-state index is 13.3. The van der Waals surface area contributed by atoms with Gasteiger partial charge < -0.3 is 10.3 Å². The van der Waals surface area contributed by atoms with Gasteiger partial charge >= 0.3 is 0 Å². The predicted octanol–water partition coefficient (Wildman–Crippen LogP) is 2.48. The molecule has 106 valence electrons. The average molecular weight is 293 g/mol. The summed E-state index contributed by atoms with van der Waals surface area (Å²) in [5.74, 6) is -0.270. The van der Waals surface area contributed by atoms with E-state index in [1.54, 1.807) is 13.0 Å². The number of hydrogen-bond donors (Lipinski definition) is 2. The summed E-state index contributed by atoms with van der Waals surface area (Å²) in [6, 6.07) is 6.05. The largest absolute Gasteiger partial charge is 0.313 e. The lowest BCUT2D eigenvalue weighted by Gasteiger charge is -2.09. The molecule has 6 heteroatoms. The van der Waals surface area contributed by atoms with E-state index in [9.17, 15) is 9.18 Å². The highest BCUT2D eigenvalue weighted by Gasteiger charge is 2.08. The van der Waals surface area contributed by atoms with E-state index < -0.39 is 0 Å². The lowest BCUT2D eigenvalue weighted by atomic mass is 10.2. The fourth-order valence-corrected chi connectivity index (χ4v) is 2.70. The van der Waals surface area contributed by atoms with Gasteiger partial charge in [-0.1, -0.05) is 18.7 Å². The molecule has 0 radical (unpaired) electrons. The van der Waals surface area contributed by atoms with Crippen LogP contribution in [0.3, 0.4) is 0 Å². The molecule has 4 nitrogen and oxygen atoms in total. The standard InChI is InChI=1S/C14H16FN3OS/c1-3-16-8-10-7-11(15)4-5-12(10)20-14-17-9(2)6-13(19)18-14/h4-7,16H,3,8H2,1-2H3,(H,17,18,19). The van der Waals surface area contributed by atoms with E-state index in [0.29, 0.717) is 17.4 Å². The van der Waals surface area contributed by atoms with Crippen LogP contribution < -0.4 is 10.9 Å². The van der Waals surface area contributed by atoms with Crippen molar-refractivity contribution >= 4 is 11.8 Å². The number of rotatable bonds is 5. The Morgan fingerprint density at radius 2 is 2.20 bits per heavy atom. The van der Waals surface area contributed by atoms with Crippen molar-refractivity contribution in [1.29, 1.82) is 0 Å².